The molecule has 0 unspecified atom stereocenters. The van der Waals surface area contributed by atoms with Gasteiger partial charge in [0.25, 0.3) is 0 Å². The number of nitrogens with zero attached hydrogens (tertiary/aromatic N) is 1. The number of rotatable bonds is 0. The van der Waals surface area contributed by atoms with Crippen LogP contribution in [0.2, 0.25) is 0 Å². The molecule has 0 bridgehead atoms. The van der Waals surface area contributed by atoms with E-state index in [1.54, 1.807) is 12.4 Å². The van der Waals surface area contributed by atoms with Crippen molar-refractivity contribution in [2.24, 2.45) is 0 Å². The first-order chi connectivity index (χ1) is 5.86. The van der Waals surface area contributed by atoms with Gasteiger partial charge in [0.1, 0.15) is 0 Å². The molecule has 0 saturated carbocycles. The van der Waals surface area contributed by atoms with Gasteiger partial charge in [-0.1, -0.05) is 24.3 Å². The van der Waals surface area contributed by atoms with E-state index in [1.807, 2.05) is 36.4 Å². The fraction of sp³-hybridized carbons (Fsp3) is 0. The molecule has 0 atom stereocenters. The van der Waals surface area contributed by atoms with E-state index < -0.39 is 0 Å². The molecule has 0 amide bonds. The second kappa shape index (κ2) is 2.83. The summed E-state index contributed by atoms with van der Waals surface area (Å²) in [6.07, 6.45) is 6.97. The monoisotopic (exact) mass is 159 g/mol. The van der Waals surface area contributed by atoms with Crippen molar-refractivity contribution in [3.05, 3.63) is 47.8 Å². The fourth-order valence-electron chi connectivity index (χ4n) is 1.18. The molecule has 1 aromatic carbocycles. The van der Waals surface area contributed by atoms with Gasteiger partial charge in [0.2, 0.25) is 0 Å². The molecular weight excluding hydrogens is 150 g/mol. The Balaban J connectivity index is 2.52. The quantitative estimate of drug-likeness (QED) is 0.628. The Morgan fingerprint density at radius 2 is 1.42 bits per heavy atom. The van der Waals surface area contributed by atoms with Crippen molar-refractivity contribution in [3.63, 3.8) is 0 Å². The zero-order valence-corrected chi connectivity index (χ0v) is 6.51. The second-order valence-electron chi connectivity index (χ2n) is 2.64. The highest BCUT2D eigenvalue weighted by molar-refractivity contribution is 5.66. The maximum Gasteiger partial charge on any atom is 0.0330 e. The third-order valence-corrected chi connectivity index (χ3v) is 1.81. The molecule has 0 radical (unpaired) electrons. The van der Waals surface area contributed by atoms with E-state index in [4.69, 9.17) is 5.21 Å². The molecule has 60 valence electrons. The maximum atomic E-state index is 9.12. The minimum Gasteiger partial charge on any atom is -0.285 e. The highest BCUT2D eigenvalue weighted by Gasteiger charge is 1.98. The van der Waals surface area contributed by atoms with E-state index in [2.05, 4.69) is 0 Å². The van der Waals surface area contributed by atoms with Crippen LogP contribution in [-0.4, -0.2) is 10.3 Å². The van der Waals surface area contributed by atoms with Crippen molar-refractivity contribution in [3.8, 4) is 0 Å². The maximum absolute atomic E-state index is 9.12. The first-order valence-corrected chi connectivity index (χ1v) is 3.79. The molecule has 1 aliphatic rings. The van der Waals surface area contributed by atoms with Crippen LogP contribution in [-0.2, 0) is 0 Å². The molecule has 2 heteroatoms. The highest BCUT2D eigenvalue weighted by atomic mass is 16.5. The first kappa shape index (κ1) is 7.13. The van der Waals surface area contributed by atoms with Gasteiger partial charge < -0.3 is 0 Å². The van der Waals surface area contributed by atoms with Gasteiger partial charge in [-0.05, 0) is 23.3 Å². The van der Waals surface area contributed by atoms with Gasteiger partial charge in [-0.15, -0.1) is 0 Å². The van der Waals surface area contributed by atoms with Crippen molar-refractivity contribution < 1.29 is 5.21 Å². The minimum absolute atomic E-state index is 1.04. The average molecular weight is 159 g/mol. The molecule has 12 heavy (non-hydrogen) atoms. The Bertz CT molecular complexity index is 308. The van der Waals surface area contributed by atoms with Gasteiger partial charge in [0.05, 0.1) is 0 Å². The number of fused-ring (bicyclic) bond motifs is 1. The van der Waals surface area contributed by atoms with Crippen LogP contribution in [0.3, 0.4) is 0 Å². The lowest BCUT2D eigenvalue weighted by atomic mass is 10.1. The standard InChI is InChI=1S/C10H9NO/c12-11-7-5-9-3-1-2-4-10(9)6-8-11/h1-8,12H. The van der Waals surface area contributed by atoms with Crippen LogP contribution >= 0.6 is 0 Å². The lowest BCUT2D eigenvalue weighted by molar-refractivity contribution is 0.0137. The molecule has 1 aromatic rings. The van der Waals surface area contributed by atoms with Crippen molar-refractivity contribution in [2.45, 2.75) is 0 Å². The molecule has 1 aliphatic heterocycles. The normalized spacial score (nSPS) is 14.2. The molecule has 1 N–H and O–H groups in total. The molecule has 0 aromatic heterocycles. The molecule has 0 saturated heterocycles. The van der Waals surface area contributed by atoms with Crippen LogP contribution in [0.1, 0.15) is 11.1 Å². The van der Waals surface area contributed by atoms with Crippen LogP contribution in [0, 0.1) is 0 Å². The zero-order valence-electron chi connectivity index (χ0n) is 6.51. The van der Waals surface area contributed by atoms with Crippen LogP contribution in [0.5, 0.6) is 0 Å². The van der Waals surface area contributed by atoms with E-state index in [0.29, 0.717) is 0 Å². The molecule has 0 aliphatic carbocycles. The lowest BCUT2D eigenvalue weighted by Crippen LogP contribution is -1.98. The number of benzene rings is 1. The van der Waals surface area contributed by atoms with Crippen molar-refractivity contribution in [2.75, 3.05) is 0 Å². The Hall–Kier alpha value is -1.54. The van der Waals surface area contributed by atoms with Crippen LogP contribution in [0.4, 0.5) is 0 Å². The summed E-state index contributed by atoms with van der Waals surface area (Å²) >= 11 is 0. The molecule has 2 rings (SSSR count). The number of hydrogen-bond donors (Lipinski definition) is 1. The summed E-state index contributed by atoms with van der Waals surface area (Å²) in [5.74, 6) is 0. The summed E-state index contributed by atoms with van der Waals surface area (Å²) in [6, 6.07) is 7.97. The average Bonchev–Trinajstić information content (AvgIpc) is 2.29. The minimum atomic E-state index is 1.04. The van der Waals surface area contributed by atoms with Gasteiger partial charge in [-0.2, -0.15) is 0 Å². The zero-order chi connectivity index (χ0) is 8.39. The number of hydroxylamine groups is 2. The Kier molecular flexibility index (Phi) is 1.68. The lowest BCUT2D eigenvalue weighted by Gasteiger charge is -2.00. The molecular formula is C10H9NO. The summed E-state index contributed by atoms with van der Waals surface area (Å²) in [7, 11) is 0. The highest BCUT2D eigenvalue weighted by Crippen LogP contribution is 2.15. The molecule has 2 nitrogen and oxygen atoms in total. The van der Waals surface area contributed by atoms with E-state index in [9.17, 15) is 0 Å². The Morgan fingerprint density at radius 3 is 1.92 bits per heavy atom. The van der Waals surface area contributed by atoms with Gasteiger partial charge in [0, 0.05) is 12.4 Å². The predicted octanol–water partition coefficient (Wildman–Crippen LogP) is 2.33. The summed E-state index contributed by atoms with van der Waals surface area (Å²) in [4.78, 5) is 0. The summed E-state index contributed by atoms with van der Waals surface area (Å²) in [5.41, 5.74) is 2.23. The second-order valence-corrected chi connectivity index (χ2v) is 2.64. The van der Waals surface area contributed by atoms with Crippen molar-refractivity contribution in [1.82, 2.24) is 5.06 Å². The third-order valence-electron chi connectivity index (χ3n) is 1.81. The Morgan fingerprint density at radius 1 is 0.917 bits per heavy atom. The Labute approximate surface area is 71.0 Å². The smallest absolute Gasteiger partial charge is 0.0330 e. The van der Waals surface area contributed by atoms with Gasteiger partial charge in [0.15, 0.2) is 0 Å². The third kappa shape index (κ3) is 1.24. The molecule has 1 heterocycles. The number of hydrogen-bond acceptors (Lipinski definition) is 2. The van der Waals surface area contributed by atoms with Crippen molar-refractivity contribution >= 4 is 12.2 Å². The van der Waals surface area contributed by atoms with E-state index >= 15 is 0 Å². The topological polar surface area (TPSA) is 23.5 Å². The van der Waals surface area contributed by atoms with Crippen LogP contribution in [0.15, 0.2) is 36.7 Å². The summed E-state index contributed by atoms with van der Waals surface area (Å²) in [5, 5.41) is 10.2. The van der Waals surface area contributed by atoms with Gasteiger partial charge in [-0.3, -0.25) is 5.21 Å². The predicted molar refractivity (Wildman–Crippen MR) is 48.1 cm³/mol. The largest absolute Gasteiger partial charge is 0.285 e. The van der Waals surface area contributed by atoms with E-state index in [-0.39, 0.29) is 0 Å². The van der Waals surface area contributed by atoms with Crippen LogP contribution < -0.4 is 0 Å². The fourth-order valence-corrected chi connectivity index (χ4v) is 1.18. The summed E-state index contributed by atoms with van der Waals surface area (Å²) < 4.78 is 0. The van der Waals surface area contributed by atoms with Crippen LogP contribution in [0.25, 0.3) is 12.2 Å². The SMILES string of the molecule is ON1C=Cc2ccccc2C=C1. The van der Waals surface area contributed by atoms with Gasteiger partial charge in [-0.25, -0.2) is 5.06 Å². The first-order valence-electron chi connectivity index (χ1n) is 3.79. The van der Waals surface area contributed by atoms with Crippen molar-refractivity contribution in [1.29, 1.82) is 0 Å². The van der Waals surface area contributed by atoms with E-state index in [1.165, 1.54) is 0 Å². The van der Waals surface area contributed by atoms with E-state index in [0.717, 1.165) is 16.2 Å². The molecule has 0 fully saturated rings. The summed E-state index contributed by atoms with van der Waals surface area (Å²) in [6.45, 7) is 0. The van der Waals surface area contributed by atoms with Gasteiger partial charge >= 0.3 is 0 Å². The molecule has 0 spiro atoms.